The van der Waals surface area contributed by atoms with E-state index in [-0.39, 0.29) is 12.1 Å². The minimum absolute atomic E-state index is 0.144. The van der Waals surface area contributed by atoms with Crippen LogP contribution in [0.2, 0.25) is 0 Å². The predicted molar refractivity (Wildman–Crippen MR) is 73.2 cm³/mol. The number of aliphatic hydroxyl groups excluding tert-OH is 1. The molecule has 5 unspecified atom stereocenters. The highest BCUT2D eigenvalue weighted by Crippen LogP contribution is 2.48. The maximum atomic E-state index is 9.35. The smallest absolute Gasteiger partial charge is 0.0611 e. The summed E-state index contributed by atoms with van der Waals surface area (Å²) in [5.41, 5.74) is 5.88. The summed E-state index contributed by atoms with van der Waals surface area (Å²) in [6.45, 7) is 1.40. The first kappa shape index (κ1) is 12.9. The zero-order valence-corrected chi connectivity index (χ0v) is 11.6. The van der Waals surface area contributed by atoms with Crippen LogP contribution < -0.4 is 5.73 Å². The molecule has 0 aromatic heterocycles. The summed E-state index contributed by atoms with van der Waals surface area (Å²) in [5.74, 6) is 3.00. The first-order chi connectivity index (χ1) is 8.59. The molecule has 0 saturated heterocycles. The van der Waals surface area contributed by atoms with Crippen LogP contribution in [0, 0.1) is 17.8 Å². The van der Waals surface area contributed by atoms with E-state index in [0.29, 0.717) is 6.04 Å². The highest BCUT2D eigenvalue weighted by atomic mass is 16.3. The summed E-state index contributed by atoms with van der Waals surface area (Å²) in [7, 11) is 2.26. The molecule has 3 aliphatic rings. The van der Waals surface area contributed by atoms with Crippen LogP contribution in [-0.2, 0) is 0 Å². The van der Waals surface area contributed by atoms with Gasteiger partial charge < -0.3 is 15.7 Å². The minimum Gasteiger partial charge on any atom is -0.394 e. The van der Waals surface area contributed by atoms with Crippen LogP contribution in [0.5, 0.6) is 0 Å². The molecule has 18 heavy (non-hydrogen) atoms. The third-order valence-corrected chi connectivity index (χ3v) is 5.96. The SMILES string of the molecule is CN(CC1CC2CCC1C2)C1CCC(N)(CO)C1. The van der Waals surface area contributed by atoms with Crippen molar-refractivity contribution in [1.82, 2.24) is 4.90 Å². The van der Waals surface area contributed by atoms with Gasteiger partial charge in [-0.1, -0.05) is 6.42 Å². The summed E-state index contributed by atoms with van der Waals surface area (Å²) < 4.78 is 0. The second-order valence-corrected chi connectivity index (χ2v) is 7.29. The number of aliphatic hydroxyl groups is 1. The fourth-order valence-corrected chi connectivity index (χ4v) is 4.77. The normalized spacial score (nSPS) is 47.3. The van der Waals surface area contributed by atoms with Crippen molar-refractivity contribution >= 4 is 0 Å². The molecule has 3 N–H and O–H groups in total. The first-order valence-corrected chi connectivity index (χ1v) is 7.69. The number of rotatable bonds is 4. The fourth-order valence-electron chi connectivity index (χ4n) is 4.77. The molecule has 0 aromatic carbocycles. The second kappa shape index (κ2) is 4.77. The maximum absolute atomic E-state index is 9.35. The zero-order chi connectivity index (χ0) is 12.8. The Labute approximate surface area is 111 Å². The van der Waals surface area contributed by atoms with Crippen molar-refractivity contribution in [2.24, 2.45) is 23.5 Å². The van der Waals surface area contributed by atoms with Crippen LogP contribution in [0.15, 0.2) is 0 Å². The summed E-state index contributed by atoms with van der Waals surface area (Å²) >= 11 is 0. The molecule has 2 bridgehead atoms. The van der Waals surface area contributed by atoms with Crippen molar-refractivity contribution in [2.45, 2.75) is 56.5 Å². The molecule has 104 valence electrons. The van der Waals surface area contributed by atoms with Gasteiger partial charge in [0.15, 0.2) is 0 Å². The van der Waals surface area contributed by atoms with Crippen LogP contribution in [0.25, 0.3) is 0 Å². The second-order valence-electron chi connectivity index (χ2n) is 7.29. The van der Waals surface area contributed by atoms with Gasteiger partial charge in [0.05, 0.1) is 6.61 Å². The van der Waals surface area contributed by atoms with E-state index in [4.69, 9.17) is 5.73 Å². The molecule has 3 rings (SSSR count). The molecule has 3 nitrogen and oxygen atoms in total. The molecule has 3 saturated carbocycles. The largest absolute Gasteiger partial charge is 0.394 e. The van der Waals surface area contributed by atoms with E-state index < -0.39 is 0 Å². The molecular formula is C15H28N2O. The standard InChI is InChI=1S/C15H28N2O/c1-17(14-4-5-15(16,8-14)10-18)9-13-7-11-2-3-12(13)6-11/h11-14,18H,2-10,16H2,1H3. The average Bonchev–Trinajstić information content (AvgIpc) is 3.04. The van der Waals surface area contributed by atoms with Gasteiger partial charge in [-0.2, -0.15) is 0 Å². The lowest BCUT2D eigenvalue weighted by atomic mass is 9.88. The minimum atomic E-state index is -0.298. The van der Waals surface area contributed by atoms with Crippen molar-refractivity contribution in [3.63, 3.8) is 0 Å². The van der Waals surface area contributed by atoms with E-state index in [0.717, 1.165) is 37.0 Å². The lowest BCUT2D eigenvalue weighted by Crippen LogP contribution is -2.43. The summed E-state index contributed by atoms with van der Waals surface area (Å²) in [6.07, 6.45) is 9.05. The van der Waals surface area contributed by atoms with Crippen LogP contribution in [-0.4, -0.2) is 41.8 Å². The van der Waals surface area contributed by atoms with Crippen molar-refractivity contribution < 1.29 is 5.11 Å². The molecule has 0 amide bonds. The molecule has 0 aromatic rings. The Morgan fingerprint density at radius 1 is 1.28 bits per heavy atom. The molecule has 0 radical (unpaired) electrons. The molecule has 0 spiro atoms. The molecule has 3 fully saturated rings. The third-order valence-electron chi connectivity index (χ3n) is 5.96. The summed E-state index contributed by atoms with van der Waals surface area (Å²) in [4.78, 5) is 2.54. The fraction of sp³-hybridized carbons (Fsp3) is 1.00. The number of nitrogens with zero attached hydrogens (tertiary/aromatic N) is 1. The molecule has 0 heterocycles. The number of nitrogens with two attached hydrogens (primary N) is 1. The Hall–Kier alpha value is -0.120. The molecule has 0 aliphatic heterocycles. The highest BCUT2D eigenvalue weighted by Gasteiger charge is 2.42. The van der Waals surface area contributed by atoms with Gasteiger partial charge in [0, 0.05) is 18.1 Å². The highest BCUT2D eigenvalue weighted by molar-refractivity contribution is 4.98. The maximum Gasteiger partial charge on any atom is 0.0611 e. The van der Waals surface area contributed by atoms with Crippen LogP contribution in [0.3, 0.4) is 0 Å². The zero-order valence-electron chi connectivity index (χ0n) is 11.6. The first-order valence-electron chi connectivity index (χ1n) is 7.69. The Bertz CT molecular complexity index is 309. The molecule has 5 atom stereocenters. The number of hydrogen-bond donors (Lipinski definition) is 2. The monoisotopic (exact) mass is 252 g/mol. The van der Waals surface area contributed by atoms with Gasteiger partial charge in [0.1, 0.15) is 0 Å². The van der Waals surface area contributed by atoms with Gasteiger partial charge in [-0.3, -0.25) is 0 Å². The number of hydrogen-bond acceptors (Lipinski definition) is 3. The van der Waals surface area contributed by atoms with E-state index in [1.807, 2.05) is 0 Å². The van der Waals surface area contributed by atoms with E-state index in [1.165, 1.54) is 32.2 Å². The predicted octanol–water partition coefficient (Wildman–Crippen LogP) is 1.60. The van der Waals surface area contributed by atoms with Crippen LogP contribution in [0.4, 0.5) is 0 Å². The summed E-state index contributed by atoms with van der Waals surface area (Å²) in [6, 6.07) is 0.598. The van der Waals surface area contributed by atoms with E-state index in [9.17, 15) is 5.11 Å². The van der Waals surface area contributed by atoms with Gasteiger partial charge in [-0.15, -0.1) is 0 Å². The average molecular weight is 252 g/mol. The van der Waals surface area contributed by atoms with Gasteiger partial charge >= 0.3 is 0 Å². The quantitative estimate of drug-likeness (QED) is 0.799. The molecular weight excluding hydrogens is 224 g/mol. The van der Waals surface area contributed by atoms with E-state index >= 15 is 0 Å². The summed E-state index contributed by atoms with van der Waals surface area (Å²) in [5, 5.41) is 9.35. The van der Waals surface area contributed by atoms with Crippen molar-refractivity contribution in [3.8, 4) is 0 Å². The Morgan fingerprint density at radius 2 is 2.11 bits per heavy atom. The van der Waals surface area contributed by atoms with E-state index in [2.05, 4.69) is 11.9 Å². The van der Waals surface area contributed by atoms with Gasteiger partial charge in [0.2, 0.25) is 0 Å². The van der Waals surface area contributed by atoms with Gasteiger partial charge in [-0.25, -0.2) is 0 Å². The van der Waals surface area contributed by atoms with Crippen molar-refractivity contribution in [3.05, 3.63) is 0 Å². The Balaban J connectivity index is 1.52. The van der Waals surface area contributed by atoms with Gasteiger partial charge in [0.25, 0.3) is 0 Å². The van der Waals surface area contributed by atoms with Crippen molar-refractivity contribution in [1.29, 1.82) is 0 Å². The lowest BCUT2D eigenvalue weighted by molar-refractivity contribution is 0.155. The van der Waals surface area contributed by atoms with Crippen LogP contribution in [0.1, 0.15) is 44.9 Å². The molecule has 3 aliphatic carbocycles. The Morgan fingerprint density at radius 3 is 2.67 bits per heavy atom. The van der Waals surface area contributed by atoms with Crippen molar-refractivity contribution in [2.75, 3.05) is 20.2 Å². The Kier molecular flexibility index (Phi) is 3.41. The molecule has 3 heteroatoms. The topological polar surface area (TPSA) is 49.5 Å². The van der Waals surface area contributed by atoms with Gasteiger partial charge in [-0.05, 0) is 63.3 Å². The third kappa shape index (κ3) is 2.33. The van der Waals surface area contributed by atoms with E-state index in [1.54, 1.807) is 0 Å². The van der Waals surface area contributed by atoms with Crippen LogP contribution >= 0.6 is 0 Å². The lowest BCUT2D eigenvalue weighted by Gasteiger charge is -2.32. The number of fused-ring (bicyclic) bond motifs is 2.